The second-order valence-corrected chi connectivity index (χ2v) is 3.63. The molecule has 0 aromatic rings. The van der Waals surface area contributed by atoms with Gasteiger partial charge in [-0.15, -0.1) is 0 Å². The number of rotatable bonds is 3. The van der Waals surface area contributed by atoms with Gasteiger partial charge in [-0.05, 0) is 38.8 Å². The first kappa shape index (κ1) is 10.5. The van der Waals surface area contributed by atoms with Crippen molar-refractivity contribution in [3.63, 3.8) is 0 Å². The lowest BCUT2D eigenvalue weighted by Crippen LogP contribution is -2.40. The summed E-state index contributed by atoms with van der Waals surface area (Å²) in [4.78, 5) is 11.0. The third kappa shape index (κ3) is 3.74. The Morgan fingerprint density at radius 3 is 3.08 bits per heavy atom. The van der Waals surface area contributed by atoms with E-state index in [1.165, 1.54) is 13.3 Å². The molecule has 0 aromatic heterocycles. The van der Waals surface area contributed by atoms with Crippen molar-refractivity contribution in [2.24, 2.45) is 5.92 Å². The molecule has 4 nitrogen and oxygen atoms in total. The van der Waals surface area contributed by atoms with Crippen molar-refractivity contribution in [2.75, 3.05) is 19.6 Å². The van der Waals surface area contributed by atoms with Gasteiger partial charge >= 0.3 is 0 Å². The van der Waals surface area contributed by atoms with Gasteiger partial charge < -0.3 is 15.7 Å². The van der Waals surface area contributed by atoms with Crippen LogP contribution in [0.3, 0.4) is 0 Å². The third-order valence-electron chi connectivity index (χ3n) is 2.34. The molecular formula is C9H18N2O2. The van der Waals surface area contributed by atoms with Crippen molar-refractivity contribution in [3.05, 3.63) is 0 Å². The van der Waals surface area contributed by atoms with Crippen LogP contribution in [0.1, 0.15) is 19.8 Å². The number of aliphatic hydroxyl groups is 1. The normalized spacial score (nSPS) is 25.2. The van der Waals surface area contributed by atoms with E-state index >= 15 is 0 Å². The number of carbonyl (C=O) groups is 1. The van der Waals surface area contributed by atoms with Gasteiger partial charge in [0.05, 0.1) is 0 Å². The van der Waals surface area contributed by atoms with Crippen LogP contribution in [0.15, 0.2) is 0 Å². The van der Waals surface area contributed by atoms with Gasteiger partial charge in [0.1, 0.15) is 6.10 Å². The predicted octanol–water partition coefficient (Wildman–Crippen LogP) is -0.517. The number of hydrogen-bond donors (Lipinski definition) is 3. The van der Waals surface area contributed by atoms with Crippen molar-refractivity contribution < 1.29 is 9.90 Å². The fourth-order valence-electron chi connectivity index (χ4n) is 1.49. The summed E-state index contributed by atoms with van der Waals surface area (Å²) < 4.78 is 0. The summed E-state index contributed by atoms with van der Waals surface area (Å²) in [5.74, 6) is 0.252. The standard InChI is InChI=1S/C9H18N2O2/c1-7(12)9(13)11-6-8-3-2-4-10-5-8/h7-8,10,12H,2-6H2,1H3,(H,11,13)/t7-,8?/m1/s1. The van der Waals surface area contributed by atoms with E-state index in [0.717, 1.165) is 19.5 Å². The molecule has 2 atom stereocenters. The average molecular weight is 186 g/mol. The van der Waals surface area contributed by atoms with Gasteiger partial charge in [-0.3, -0.25) is 4.79 Å². The molecule has 1 saturated heterocycles. The van der Waals surface area contributed by atoms with E-state index in [0.29, 0.717) is 12.5 Å². The molecule has 1 aliphatic heterocycles. The van der Waals surface area contributed by atoms with Gasteiger partial charge in [0.25, 0.3) is 0 Å². The largest absolute Gasteiger partial charge is 0.384 e. The number of carbonyl (C=O) groups excluding carboxylic acids is 1. The molecule has 1 unspecified atom stereocenters. The second kappa shape index (κ2) is 5.19. The number of nitrogens with one attached hydrogen (secondary N) is 2. The molecular weight excluding hydrogens is 168 g/mol. The summed E-state index contributed by atoms with van der Waals surface area (Å²) in [6.45, 7) is 4.21. The molecule has 0 aliphatic carbocycles. The average Bonchev–Trinajstić information content (AvgIpc) is 2.15. The van der Waals surface area contributed by atoms with Crippen LogP contribution in [-0.2, 0) is 4.79 Å². The summed E-state index contributed by atoms with van der Waals surface area (Å²) in [5.41, 5.74) is 0. The van der Waals surface area contributed by atoms with Gasteiger partial charge in [0.2, 0.25) is 5.91 Å². The highest BCUT2D eigenvalue weighted by atomic mass is 16.3. The minimum Gasteiger partial charge on any atom is -0.384 e. The van der Waals surface area contributed by atoms with Gasteiger partial charge in [-0.25, -0.2) is 0 Å². The Balaban J connectivity index is 2.13. The van der Waals surface area contributed by atoms with E-state index in [1.54, 1.807) is 0 Å². The lowest BCUT2D eigenvalue weighted by Gasteiger charge is -2.23. The van der Waals surface area contributed by atoms with Crippen LogP contribution in [0.2, 0.25) is 0 Å². The van der Waals surface area contributed by atoms with E-state index in [2.05, 4.69) is 10.6 Å². The van der Waals surface area contributed by atoms with Crippen LogP contribution in [-0.4, -0.2) is 36.8 Å². The van der Waals surface area contributed by atoms with Crippen molar-refractivity contribution in [2.45, 2.75) is 25.9 Å². The Morgan fingerprint density at radius 2 is 2.54 bits per heavy atom. The van der Waals surface area contributed by atoms with Crippen molar-refractivity contribution in [3.8, 4) is 0 Å². The van der Waals surface area contributed by atoms with Crippen LogP contribution < -0.4 is 10.6 Å². The first-order valence-corrected chi connectivity index (χ1v) is 4.86. The minimum absolute atomic E-state index is 0.273. The summed E-state index contributed by atoms with van der Waals surface area (Å²) >= 11 is 0. The first-order chi connectivity index (χ1) is 6.20. The maximum Gasteiger partial charge on any atom is 0.248 e. The SMILES string of the molecule is C[C@@H](O)C(=O)NCC1CCCNC1. The number of hydrogen-bond acceptors (Lipinski definition) is 3. The zero-order valence-electron chi connectivity index (χ0n) is 8.05. The zero-order valence-corrected chi connectivity index (χ0v) is 8.05. The van der Waals surface area contributed by atoms with Crippen molar-refractivity contribution >= 4 is 5.91 Å². The summed E-state index contributed by atoms with van der Waals surface area (Å²) in [6, 6.07) is 0. The summed E-state index contributed by atoms with van der Waals surface area (Å²) in [5, 5.41) is 14.9. The highest BCUT2D eigenvalue weighted by Gasteiger charge is 2.15. The number of amides is 1. The quantitative estimate of drug-likeness (QED) is 0.556. The molecule has 1 aliphatic rings. The summed E-state index contributed by atoms with van der Waals surface area (Å²) in [6.07, 6.45) is 1.44. The minimum atomic E-state index is -0.892. The molecule has 0 radical (unpaired) electrons. The van der Waals surface area contributed by atoms with Crippen molar-refractivity contribution in [1.82, 2.24) is 10.6 Å². The topological polar surface area (TPSA) is 61.4 Å². The molecule has 1 rings (SSSR count). The molecule has 76 valence electrons. The van der Waals surface area contributed by atoms with Crippen LogP contribution in [0.4, 0.5) is 0 Å². The Hall–Kier alpha value is -0.610. The molecule has 0 saturated carbocycles. The molecule has 1 heterocycles. The fourth-order valence-corrected chi connectivity index (χ4v) is 1.49. The lowest BCUT2D eigenvalue weighted by atomic mass is 10.00. The highest BCUT2D eigenvalue weighted by Crippen LogP contribution is 2.07. The molecule has 0 aromatic carbocycles. The third-order valence-corrected chi connectivity index (χ3v) is 2.34. The van der Waals surface area contributed by atoms with Crippen molar-refractivity contribution in [1.29, 1.82) is 0 Å². The molecule has 0 spiro atoms. The van der Waals surface area contributed by atoms with Gasteiger partial charge in [-0.1, -0.05) is 0 Å². The van der Waals surface area contributed by atoms with Crippen LogP contribution in [0.5, 0.6) is 0 Å². The van der Waals surface area contributed by atoms with Crippen LogP contribution in [0, 0.1) is 5.92 Å². The molecule has 4 heteroatoms. The van der Waals surface area contributed by atoms with Gasteiger partial charge in [0, 0.05) is 6.54 Å². The molecule has 0 bridgehead atoms. The smallest absolute Gasteiger partial charge is 0.248 e. The van der Waals surface area contributed by atoms with E-state index in [4.69, 9.17) is 5.11 Å². The molecule has 13 heavy (non-hydrogen) atoms. The van der Waals surface area contributed by atoms with E-state index in [-0.39, 0.29) is 5.91 Å². The van der Waals surface area contributed by atoms with Gasteiger partial charge in [0.15, 0.2) is 0 Å². The highest BCUT2D eigenvalue weighted by molar-refractivity contribution is 5.79. The Labute approximate surface area is 78.7 Å². The lowest BCUT2D eigenvalue weighted by molar-refractivity contribution is -0.128. The first-order valence-electron chi connectivity index (χ1n) is 4.86. The fraction of sp³-hybridized carbons (Fsp3) is 0.889. The zero-order chi connectivity index (χ0) is 9.68. The van der Waals surface area contributed by atoms with E-state index in [1.807, 2.05) is 0 Å². The van der Waals surface area contributed by atoms with E-state index < -0.39 is 6.10 Å². The Morgan fingerprint density at radius 1 is 1.77 bits per heavy atom. The number of piperidine rings is 1. The maximum absolute atomic E-state index is 11.0. The Kier molecular flexibility index (Phi) is 4.18. The summed E-state index contributed by atoms with van der Waals surface area (Å²) in [7, 11) is 0. The number of aliphatic hydroxyl groups excluding tert-OH is 1. The monoisotopic (exact) mass is 186 g/mol. The van der Waals surface area contributed by atoms with Crippen LogP contribution >= 0.6 is 0 Å². The Bertz CT molecular complexity index is 165. The van der Waals surface area contributed by atoms with Crippen LogP contribution in [0.25, 0.3) is 0 Å². The second-order valence-electron chi connectivity index (χ2n) is 3.63. The van der Waals surface area contributed by atoms with Gasteiger partial charge in [-0.2, -0.15) is 0 Å². The maximum atomic E-state index is 11.0. The predicted molar refractivity (Wildman–Crippen MR) is 50.3 cm³/mol. The van der Waals surface area contributed by atoms with E-state index in [9.17, 15) is 4.79 Å². The molecule has 3 N–H and O–H groups in total. The molecule has 1 amide bonds. The molecule has 1 fully saturated rings.